The number of hydrogen-bond donors (Lipinski definition) is 0. The lowest BCUT2D eigenvalue weighted by molar-refractivity contribution is -0.139. The van der Waals surface area contributed by atoms with Crippen LogP contribution in [-0.2, 0) is 16.1 Å². The molecule has 5 heteroatoms. The average Bonchev–Trinajstić information content (AvgIpc) is 2.67. The fraction of sp³-hybridized carbons (Fsp3) is 0.682. The second-order valence-corrected chi connectivity index (χ2v) is 8.27. The van der Waals surface area contributed by atoms with E-state index in [9.17, 15) is 4.79 Å². The highest BCUT2D eigenvalue weighted by Crippen LogP contribution is 2.39. The van der Waals surface area contributed by atoms with E-state index in [4.69, 9.17) is 9.47 Å². The number of amides is 1. The van der Waals surface area contributed by atoms with E-state index in [1.54, 1.807) is 14.2 Å². The Bertz CT molecular complexity index is 648. The van der Waals surface area contributed by atoms with Gasteiger partial charge in [0.05, 0.1) is 7.11 Å². The molecule has 1 aromatic rings. The highest BCUT2D eigenvalue weighted by Gasteiger charge is 2.41. The first kappa shape index (κ1) is 20.2. The van der Waals surface area contributed by atoms with Crippen LogP contribution in [0.1, 0.15) is 43.2 Å². The lowest BCUT2D eigenvalue weighted by Gasteiger charge is -2.48. The minimum atomic E-state index is 0.263. The summed E-state index contributed by atoms with van der Waals surface area (Å²) < 4.78 is 10.5. The van der Waals surface area contributed by atoms with Gasteiger partial charge in [-0.25, -0.2) is 0 Å². The molecule has 2 fully saturated rings. The molecule has 2 aliphatic heterocycles. The lowest BCUT2D eigenvalue weighted by Crippen LogP contribution is -2.54. The quantitative estimate of drug-likeness (QED) is 0.687. The standard InChI is InChI=1S/C22H34N2O3/c1-18-14-20(27-3)7-6-19(18)15-23-11-4-9-22(16-23)10-8-21(25)24(17-22)12-5-13-26-2/h6-7,14H,4-5,8-13,15-17H2,1-3H3/t22-/m0/s1. The first-order chi connectivity index (χ1) is 13.0. The van der Waals surface area contributed by atoms with Crippen LogP contribution in [0.15, 0.2) is 18.2 Å². The van der Waals surface area contributed by atoms with E-state index in [0.29, 0.717) is 12.3 Å². The predicted molar refractivity (Wildman–Crippen MR) is 107 cm³/mol. The minimum absolute atomic E-state index is 0.263. The second kappa shape index (κ2) is 9.07. The molecule has 1 amide bonds. The van der Waals surface area contributed by atoms with Crippen LogP contribution in [-0.4, -0.2) is 62.7 Å². The van der Waals surface area contributed by atoms with E-state index in [2.05, 4.69) is 34.9 Å². The number of benzene rings is 1. The molecule has 0 radical (unpaired) electrons. The van der Waals surface area contributed by atoms with Crippen LogP contribution < -0.4 is 4.74 Å². The van der Waals surface area contributed by atoms with Crippen molar-refractivity contribution in [3.8, 4) is 5.75 Å². The van der Waals surface area contributed by atoms with Crippen molar-refractivity contribution >= 4 is 5.91 Å². The van der Waals surface area contributed by atoms with Crippen molar-refractivity contribution in [3.05, 3.63) is 29.3 Å². The summed E-state index contributed by atoms with van der Waals surface area (Å²) in [5, 5.41) is 0. The van der Waals surface area contributed by atoms with Crippen molar-refractivity contribution in [1.82, 2.24) is 9.80 Å². The third-order valence-electron chi connectivity index (χ3n) is 6.21. The summed E-state index contributed by atoms with van der Waals surface area (Å²) >= 11 is 0. The van der Waals surface area contributed by atoms with Crippen molar-refractivity contribution in [2.75, 3.05) is 47.0 Å². The minimum Gasteiger partial charge on any atom is -0.497 e. The van der Waals surface area contributed by atoms with Crippen LogP contribution >= 0.6 is 0 Å². The summed E-state index contributed by atoms with van der Waals surface area (Å²) in [6.07, 6.45) is 5.11. The fourth-order valence-corrected chi connectivity index (χ4v) is 4.70. The Kier molecular flexibility index (Phi) is 6.77. The number of carbonyl (C=O) groups excluding carboxylic acids is 1. The zero-order valence-corrected chi connectivity index (χ0v) is 17.1. The van der Waals surface area contributed by atoms with Gasteiger partial charge in [-0.05, 0) is 62.4 Å². The highest BCUT2D eigenvalue weighted by atomic mass is 16.5. The molecule has 1 spiro atoms. The van der Waals surface area contributed by atoms with Crippen LogP contribution in [0.4, 0.5) is 0 Å². The maximum Gasteiger partial charge on any atom is 0.222 e. The molecule has 0 saturated carbocycles. The Morgan fingerprint density at radius 1 is 1.19 bits per heavy atom. The summed E-state index contributed by atoms with van der Waals surface area (Å²) in [4.78, 5) is 17.0. The molecule has 5 nitrogen and oxygen atoms in total. The second-order valence-electron chi connectivity index (χ2n) is 8.27. The van der Waals surface area contributed by atoms with E-state index in [-0.39, 0.29) is 5.41 Å². The van der Waals surface area contributed by atoms with Gasteiger partial charge in [-0.1, -0.05) is 6.07 Å². The molecule has 0 aromatic heterocycles. The molecular weight excluding hydrogens is 340 g/mol. The van der Waals surface area contributed by atoms with Crippen molar-refractivity contribution in [3.63, 3.8) is 0 Å². The molecule has 150 valence electrons. The third kappa shape index (κ3) is 5.02. The molecule has 3 rings (SSSR count). The number of rotatable bonds is 7. The first-order valence-electron chi connectivity index (χ1n) is 10.2. The summed E-state index contributed by atoms with van der Waals surface area (Å²) in [6.45, 7) is 7.83. The molecule has 0 aliphatic carbocycles. The molecule has 1 aromatic carbocycles. The number of likely N-dealkylation sites (tertiary alicyclic amines) is 2. The van der Waals surface area contributed by atoms with E-state index < -0.39 is 0 Å². The van der Waals surface area contributed by atoms with E-state index >= 15 is 0 Å². The molecule has 2 heterocycles. The van der Waals surface area contributed by atoms with Gasteiger partial charge in [-0.2, -0.15) is 0 Å². The number of piperidine rings is 2. The smallest absolute Gasteiger partial charge is 0.222 e. The van der Waals surface area contributed by atoms with Crippen LogP contribution in [0, 0.1) is 12.3 Å². The van der Waals surface area contributed by atoms with Gasteiger partial charge in [0.15, 0.2) is 0 Å². The highest BCUT2D eigenvalue weighted by molar-refractivity contribution is 5.77. The Balaban J connectivity index is 1.63. The maximum atomic E-state index is 12.4. The number of aryl methyl sites for hydroxylation is 1. The van der Waals surface area contributed by atoms with Crippen molar-refractivity contribution in [2.24, 2.45) is 5.41 Å². The van der Waals surface area contributed by atoms with Crippen LogP contribution in [0.25, 0.3) is 0 Å². The van der Waals surface area contributed by atoms with Gasteiger partial charge >= 0.3 is 0 Å². The summed E-state index contributed by atoms with van der Waals surface area (Å²) in [5.74, 6) is 1.24. The molecule has 27 heavy (non-hydrogen) atoms. The summed E-state index contributed by atoms with van der Waals surface area (Å²) in [5.41, 5.74) is 2.92. The zero-order chi connectivity index (χ0) is 19.3. The van der Waals surface area contributed by atoms with Gasteiger partial charge in [0.1, 0.15) is 5.75 Å². The third-order valence-corrected chi connectivity index (χ3v) is 6.21. The van der Waals surface area contributed by atoms with Crippen molar-refractivity contribution < 1.29 is 14.3 Å². The number of hydrogen-bond acceptors (Lipinski definition) is 4. The number of carbonyl (C=O) groups is 1. The number of ether oxygens (including phenoxy) is 2. The topological polar surface area (TPSA) is 42.0 Å². The van der Waals surface area contributed by atoms with Gasteiger partial charge in [0.25, 0.3) is 0 Å². The van der Waals surface area contributed by atoms with Crippen LogP contribution in [0.3, 0.4) is 0 Å². The Hall–Kier alpha value is -1.59. The van der Waals surface area contributed by atoms with Gasteiger partial charge in [0, 0.05) is 51.7 Å². The first-order valence-corrected chi connectivity index (χ1v) is 10.2. The monoisotopic (exact) mass is 374 g/mol. The molecule has 2 aliphatic rings. The largest absolute Gasteiger partial charge is 0.497 e. The number of methoxy groups -OCH3 is 2. The maximum absolute atomic E-state index is 12.4. The van der Waals surface area contributed by atoms with E-state index in [0.717, 1.165) is 57.9 Å². The summed E-state index contributed by atoms with van der Waals surface area (Å²) in [7, 11) is 3.44. The van der Waals surface area contributed by atoms with Crippen molar-refractivity contribution in [1.29, 1.82) is 0 Å². The Morgan fingerprint density at radius 2 is 2.04 bits per heavy atom. The number of nitrogens with zero attached hydrogens (tertiary/aromatic N) is 2. The molecule has 0 N–H and O–H groups in total. The van der Waals surface area contributed by atoms with Gasteiger partial charge in [-0.3, -0.25) is 9.69 Å². The molecule has 1 atom stereocenters. The van der Waals surface area contributed by atoms with Crippen LogP contribution in [0.2, 0.25) is 0 Å². The molecule has 2 saturated heterocycles. The molecule has 0 unspecified atom stereocenters. The average molecular weight is 375 g/mol. The van der Waals surface area contributed by atoms with Crippen LogP contribution in [0.5, 0.6) is 5.75 Å². The van der Waals surface area contributed by atoms with E-state index in [1.165, 1.54) is 24.0 Å². The molecular formula is C22H34N2O3. The Labute approximate surface area is 163 Å². The van der Waals surface area contributed by atoms with Gasteiger partial charge < -0.3 is 14.4 Å². The fourth-order valence-electron chi connectivity index (χ4n) is 4.70. The predicted octanol–water partition coefficient (Wildman–Crippen LogP) is 3.24. The normalized spacial score (nSPS) is 23.8. The Morgan fingerprint density at radius 3 is 2.78 bits per heavy atom. The molecule has 0 bridgehead atoms. The van der Waals surface area contributed by atoms with E-state index in [1.807, 2.05) is 0 Å². The van der Waals surface area contributed by atoms with Gasteiger partial charge in [0.2, 0.25) is 5.91 Å². The van der Waals surface area contributed by atoms with Gasteiger partial charge in [-0.15, -0.1) is 0 Å². The van der Waals surface area contributed by atoms with Crippen molar-refractivity contribution in [2.45, 2.75) is 45.6 Å². The summed E-state index contributed by atoms with van der Waals surface area (Å²) in [6, 6.07) is 6.36. The SMILES string of the molecule is COCCCN1C[C@@]2(CCCN(Cc3ccc(OC)cc3C)C2)CCC1=O. The zero-order valence-electron chi connectivity index (χ0n) is 17.1. The lowest BCUT2D eigenvalue weighted by atomic mass is 9.73.